The normalized spacial score (nSPS) is 24.8. The summed E-state index contributed by atoms with van der Waals surface area (Å²) in [4.78, 5) is 52.0. The van der Waals surface area contributed by atoms with Gasteiger partial charge in [0.25, 0.3) is 7.82 Å². The molecule has 0 bridgehead atoms. The van der Waals surface area contributed by atoms with Crippen molar-refractivity contribution < 1.29 is 184 Å². The average Bonchev–Trinajstić information content (AvgIpc) is 3.12. The van der Waals surface area contributed by atoms with E-state index in [4.69, 9.17) is 15.4 Å². The van der Waals surface area contributed by atoms with Gasteiger partial charge in [-0.1, -0.05) is 0 Å². The molecule has 0 spiro atoms. The van der Waals surface area contributed by atoms with E-state index in [1.807, 2.05) is 0 Å². The number of imidazole rings is 1. The maximum atomic E-state index is 14.6. The molecule has 26 heteroatoms. The van der Waals surface area contributed by atoms with Crippen molar-refractivity contribution in [3.63, 3.8) is 0 Å². The molecule has 4 N–H and O–H groups in total. The van der Waals surface area contributed by atoms with E-state index in [1.54, 1.807) is 0 Å². The number of alkyl halides is 1. The minimum atomic E-state index is -6.11. The molecule has 2 aromatic rings. The summed E-state index contributed by atoms with van der Waals surface area (Å²) in [5.41, 5.74) is 4.82. The molecule has 0 radical (unpaired) electrons. The number of rotatable bonds is 8. The number of phosphoric ester groups is 1. The summed E-state index contributed by atoms with van der Waals surface area (Å²) in [5.74, 6) is -1.33. The van der Waals surface area contributed by atoms with Gasteiger partial charge >= 0.3 is 126 Å². The molecule has 1 aliphatic heterocycles. The second kappa shape index (κ2) is 15.6. The van der Waals surface area contributed by atoms with Gasteiger partial charge in [-0.15, -0.1) is 0 Å². The smallest absolute Gasteiger partial charge is 0.857 e. The van der Waals surface area contributed by atoms with Crippen molar-refractivity contribution in [1.29, 1.82) is 0 Å². The van der Waals surface area contributed by atoms with Gasteiger partial charge in [0.2, 0.25) is 5.95 Å². The van der Waals surface area contributed by atoms with Crippen LogP contribution in [0.1, 0.15) is 6.23 Å². The Labute approximate surface area is 289 Å². The van der Waals surface area contributed by atoms with Gasteiger partial charge in [0.15, 0.2) is 18.0 Å². The van der Waals surface area contributed by atoms with Gasteiger partial charge < -0.3 is 49.3 Å². The fourth-order valence-electron chi connectivity index (χ4n) is 2.61. The Morgan fingerprint density at radius 1 is 1.14 bits per heavy atom. The number of ether oxygens (including phenoxy) is 1. The van der Waals surface area contributed by atoms with E-state index in [-0.39, 0.29) is 129 Å². The van der Waals surface area contributed by atoms with E-state index in [0.29, 0.717) is 0 Å². The van der Waals surface area contributed by atoms with Crippen molar-refractivity contribution in [3.05, 3.63) is 6.33 Å². The Morgan fingerprint density at radius 3 is 2.28 bits per heavy atom. The van der Waals surface area contributed by atoms with Crippen molar-refractivity contribution in [2.24, 2.45) is 0 Å². The SMILES string of the molecule is Nc1nc([O-])c2ncn([C@@H]3O[C@H](COP(=O)([O-])OP(=O)(O)OP(=O)([O-])[O-])[C@@H](O)[C@H]3F)c2n1.[Na+].[Na+].[Na+].[Na+]. The van der Waals surface area contributed by atoms with Crippen LogP contribution in [-0.4, -0.2) is 54.5 Å². The van der Waals surface area contributed by atoms with Gasteiger partial charge in [-0.2, -0.15) is 4.98 Å². The Balaban J connectivity index is 0. The number of nitrogen functional groups attached to an aromatic ring is 1. The van der Waals surface area contributed by atoms with Crippen LogP contribution in [0.4, 0.5) is 10.3 Å². The van der Waals surface area contributed by atoms with Crippen LogP contribution in [0.25, 0.3) is 11.2 Å². The number of nitrogens with zero attached hydrogens (tertiary/aromatic N) is 4. The Bertz CT molecular complexity index is 1170. The molecular formula is C10H11FN5Na4O13P3. The van der Waals surface area contributed by atoms with Crippen LogP contribution < -0.4 is 144 Å². The summed E-state index contributed by atoms with van der Waals surface area (Å²) < 4.78 is 64.5. The van der Waals surface area contributed by atoms with Crippen molar-refractivity contribution in [2.45, 2.75) is 24.6 Å². The first kappa shape index (κ1) is 40.5. The van der Waals surface area contributed by atoms with E-state index in [1.165, 1.54) is 0 Å². The van der Waals surface area contributed by atoms with Gasteiger partial charge in [-0.25, -0.2) is 23.2 Å². The third kappa shape index (κ3) is 10.7. The van der Waals surface area contributed by atoms with Crippen LogP contribution in [0.2, 0.25) is 0 Å². The molecule has 1 aliphatic rings. The fraction of sp³-hybridized carbons (Fsp3) is 0.500. The first-order valence-corrected chi connectivity index (χ1v) is 12.4. The van der Waals surface area contributed by atoms with Crippen LogP contribution >= 0.6 is 23.5 Å². The quantitative estimate of drug-likeness (QED) is 0.184. The van der Waals surface area contributed by atoms with Gasteiger partial charge in [0.05, 0.1) is 20.8 Å². The van der Waals surface area contributed by atoms with Crippen molar-refractivity contribution in [3.8, 4) is 5.88 Å². The molecule has 1 fully saturated rings. The van der Waals surface area contributed by atoms with Crippen molar-refractivity contribution >= 4 is 40.6 Å². The molecule has 2 unspecified atom stereocenters. The number of hydrogen-bond donors (Lipinski definition) is 3. The van der Waals surface area contributed by atoms with Crippen LogP contribution in [0.5, 0.6) is 5.88 Å². The second-order valence-corrected chi connectivity index (χ2v) is 10.3. The number of halogens is 1. The molecule has 0 aliphatic carbocycles. The molecule has 3 rings (SSSR count). The first-order valence-electron chi connectivity index (χ1n) is 7.96. The minimum Gasteiger partial charge on any atom is -0.857 e. The van der Waals surface area contributed by atoms with Gasteiger partial charge in [0, 0.05) is 5.88 Å². The van der Waals surface area contributed by atoms with Crippen molar-refractivity contribution in [1.82, 2.24) is 19.5 Å². The van der Waals surface area contributed by atoms with Crippen LogP contribution in [0, 0.1) is 0 Å². The summed E-state index contributed by atoms with van der Waals surface area (Å²) in [7, 11) is -17.9. The van der Waals surface area contributed by atoms with Gasteiger partial charge in [-0.05, 0) is 0 Å². The maximum absolute atomic E-state index is 14.6. The number of aromatic nitrogens is 4. The van der Waals surface area contributed by atoms with E-state index in [0.717, 1.165) is 10.9 Å². The molecule has 1 saturated heterocycles. The Hall–Kier alpha value is 2.41. The number of aliphatic hydroxyl groups excluding tert-OH is 1. The average molecular weight is 613 g/mol. The molecule has 3 heterocycles. The predicted octanol–water partition coefficient (Wildman–Crippen LogP) is -15.5. The summed E-state index contributed by atoms with van der Waals surface area (Å²) in [6.45, 7) is -1.19. The summed E-state index contributed by atoms with van der Waals surface area (Å²) in [6.07, 6.45) is -6.75. The van der Waals surface area contributed by atoms with Crippen LogP contribution in [0.3, 0.4) is 0 Å². The zero-order valence-corrected chi connectivity index (χ0v) is 29.7. The molecule has 36 heavy (non-hydrogen) atoms. The molecule has 180 valence electrons. The Morgan fingerprint density at radius 2 is 1.72 bits per heavy atom. The van der Waals surface area contributed by atoms with Gasteiger partial charge in [-0.3, -0.25) is 13.4 Å². The Kier molecular flexibility index (Phi) is 17.6. The summed E-state index contributed by atoms with van der Waals surface area (Å²) in [6, 6.07) is 0. The first-order chi connectivity index (χ1) is 14.6. The van der Waals surface area contributed by atoms with Crippen molar-refractivity contribution in [2.75, 3.05) is 12.3 Å². The molecule has 0 saturated carbocycles. The third-order valence-electron chi connectivity index (χ3n) is 3.78. The molecular weight excluding hydrogens is 602 g/mol. The van der Waals surface area contributed by atoms with Gasteiger partial charge in [0.1, 0.15) is 17.7 Å². The minimum absolute atomic E-state index is 0. The maximum Gasteiger partial charge on any atom is 1.00 e. The number of nitrogens with two attached hydrogens (primary N) is 1. The third-order valence-corrected chi connectivity index (χ3v) is 7.49. The number of hydrogen-bond acceptors (Lipinski definition) is 16. The van der Waals surface area contributed by atoms with E-state index < -0.39 is 66.5 Å². The van der Waals surface area contributed by atoms with Crippen LogP contribution in [0.15, 0.2) is 6.33 Å². The summed E-state index contributed by atoms with van der Waals surface area (Å²) in [5, 5.41) is 21.7. The molecule has 6 atom stereocenters. The predicted molar refractivity (Wildman–Crippen MR) is 87.2 cm³/mol. The molecule has 0 aromatic carbocycles. The molecule has 2 aromatic heterocycles. The van der Waals surface area contributed by atoms with E-state index in [9.17, 15) is 43.0 Å². The summed E-state index contributed by atoms with van der Waals surface area (Å²) >= 11 is 0. The second-order valence-electron chi connectivity index (χ2n) is 6.03. The van der Waals surface area contributed by atoms with E-state index >= 15 is 0 Å². The zero-order chi connectivity index (χ0) is 24.1. The van der Waals surface area contributed by atoms with E-state index in [2.05, 4.69) is 28.1 Å². The number of aliphatic hydroxyl groups is 1. The molecule has 18 nitrogen and oxygen atoms in total. The number of fused-ring (bicyclic) bond motifs is 1. The molecule has 0 amide bonds. The fourth-order valence-corrected chi connectivity index (χ4v) is 5.54. The standard InChI is InChI=1S/C10H15FN5O13P3.4Na/c11-4-6(17)3(1-26-31(22,23)29-32(24,25)28-30(19,20)21)27-9(4)16-2-13-5-7(16)14-10(12)15-8(5)18;;;;/h2-4,6,9,17H,1H2,(H,22,23)(H,24,25)(H2,19,20,21)(H3,12,14,15,18);;;;/q;4*+1/p-4/t3-,4-,6-,9-;;;;/m1..../s1. The topological polar surface area (TPSA) is 290 Å². The zero-order valence-electron chi connectivity index (χ0n) is 19.1. The number of phosphoric acid groups is 3. The largest absolute Gasteiger partial charge is 1.00 e. The monoisotopic (exact) mass is 613 g/mol. The number of anilines is 1. The van der Waals surface area contributed by atoms with Crippen LogP contribution in [-0.2, 0) is 31.6 Å².